The molecule has 0 radical (unpaired) electrons. The zero-order valence-electron chi connectivity index (χ0n) is 55.3. The molecule has 1 fully saturated rings. The number of nitrogens with one attached hydrogen (secondary N) is 4. The minimum absolute atomic E-state index is 0.0150. The van der Waals surface area contributed by atoms with Crippen LogP contribution in [0.5, 0.6) is 23.0 Å². The van der Waals surface area contributed by atoms with Crippen LogP contribution in [-0.4, -0.2) is 156 Å². The Balaban J connectivity index is 0.737. The molecule has 5 aliphatic rings. The van der Waals surface area contributed by atoms with E-state index >= 15 is 0 Å². The Kier molecular flexibility index (Phi) is 21.7. The molecular weight excluding hydrogens is 1190 g/mol. The number of ether oxygens (including phenoxy) is 6. The van der Waals surface area contributed by atoms with E-state index in [2.05, 4.69) is 38.3 Å². The van der Waals surface area contributed by atoms with E-state index in [-0.39, 0.29) is 81.5 Å². The van der Waals surface area contributed by atoms with Crippen molar-refractivity contribution in [2.45, 2.75) is 174 Å². The minimum Gasteiger partial charge on any atom is -0.493 e. The van der Waals surface area contributed by atoms with Crippen molar-refractivity contribution >= 4 is 70.7 Å². The largest absolute Gasteiger partial charge is 0.493 e. The number of imide groups is 1. The maximum atomic E-state index is 14.4. The van der Waals surface area contributed by atoms with Crippen molar-refractivity contribution in [3.8, 4) is 23.0 Å². The van der Waals surface area contributed by atoms with Crippen LogP contribution < -0.4 is 45.1 Å². The van der Waals surface area contributed by atoms with Crippen LogP contribution in [0, 0.1) is 5.92 Å². The topological polar surface area (TPSA) is 265 Å². The third-order valence-electron chi connectivity index (χ3n) is 17.9. The number of aliphatic imine (C=N–C) groups is 1. The fourth-order valence-corrected chi connectivity index (χ4v) is 12.4. The first-order chi connectivity index (χ1) is 44.2. The van der Waals surface area contributed by atoms with Gasteiger partial charge in [-0.2, -0.15) is 0 Å². The molecule has 23 heteroatoms. The molecule has 93 heavy (non-hydrogen) atoms. The van der Waals surface area contributed by atoms with Gasteiger partial charge in [0.05, 0.1) is 61.6 Å². The predicted octanol–water partition coefficient (Wildman–Crippen LogP) is 8.49. The summed E-state index contributed by atoms with van der Waals surface area (Å²) < 4.78 is 36.5. The first-order valence-corrected chi connectivity index (χ1v) is 32.1. The lowest BCUT2D eigenvalue weighted by Gasteiger charge is -2.42. The molecule has 5 aliphatic heterocycles. The molecule has 8 amide bonds. The first kappa shape index (κ1) is 68.5. The summed E-state index contributed by atoms with van der Waals surface area (Å²) >= 11 is 0. The van der Waals surface area contributed by atoms with E-state index < -0.39 is 58.5 Å². The summed E-state index contributed by atoms with van der Waals surface area (Å²) in [5, 5.41) is 11.3. The molecule has 23 nitrogen and oxygen atoms in total. The monoisotopic (exact) mass is 1280 g/mol. The molecule has 1 saturated heterocycles. The van der Waals surface area contributed by atoms with Crippen LogP contribution in [0.25, 0.3) is 0 Å². The highest BCUT2D eigenvalue weighted by atomic mass is 16.6. The van der Waals surface area contributed by atoms with Crippen molar-refractivity contribution in [2.75, 3.05) is 57.3 Å². The molecule has 2 unspecified atom stereocenters. The van der Waals surface area contributed by atoms with Crippen LogP contribution in [0.3, 0.4) is 0 Å². The van der Waals surface area contributed by atoms with Gasteiger partial charge in [0.25, 0.3) is 17.7 Å². The Morgan fingerprint density at radius 2 is 1.43 bits per heavy atom. The molecule has 498 valence electrons. The normalized spacial score (nSPS) is 19.1. The van der Waals surface area contributed by atoms with Gasteiger partial charge in [0, 0.05) is 99.7 Å². The molecule has 5 atom stereocenters. The van der Waals surface area contributed by atoms with Crippen LogP contribution in [0.4, 0.5) is 21.9 Å². The highest BCUT2D eigenvalue weighted by Gasteiger charge is 2.43. The van der Waals surface area contributed by atoms with Gasteiger partial charge in [-0.3, -0.25) is 53.3 Å². The fraction of sp³-hybridized carbons (Fsp3) is 0.500. The molecule has 5 heterocycles. The van der Waals surface area contributed by atoms with Crippen molar-refractivity contribution in [3.63, 3.8) is 0 Å². The third-order valence-corrected chi connectivity index (χ3v) is 17.9. The lowest BCUT2D eigenvalue weighted by Crippen LogP contribution is -2.54. The lowest BCUT2D eigenvalue weighted by molar-refractivity contribution is -0.137. The van der Waals surface area contributed by atoms with E-state index in [0.717, 1.165) is 35.4 Å². The fourth-order valence-electron chi connectivity index (χ4n) is 12.4. The number of hydrogen-bond donors (Lipinski definition) is 4. The van der Waals surface area contributed by atoms with E-state index in [1.807, 2.05) is 76.9 Å². The molecule has 0 saturated carbocycles. The molecule has 0 aliphatic carbocycles. The van der Waals surface area contributed by atoms with Crippen LogP contribution in [0.15, 0.2) is 89.9 Å². The Labute approximate surface area is 544 Å². The second kappa shape index (κ2) is 29.4. The minimum atomic E-state index is -0.971. The number of benzene rings is 4. The van der Waals surface area contributed by atoms with Crippen molar-refractivity contribution in [1.29, 1.82) is 0 Å². The molecule has 9 rings (SSSR count). The van der Waals surface area contributed by atoms with Gasteiger partial charge >= 0.3 is 6.09 Å². The van der Waals surface area contributed by atoms with Crippen LogP contribution in [0.2, 0.25) is 0 Å². The van der Waals surface area contributed by atoms with Crippen molar-refractivity contribution in [3.05, 3.63) is 113 Å². The van der Waals surface area contributed by atoms with Gasteiger partial charge in [0.1, 0.15) is 18.7 Å². The third kappa shape index (κ3) is 16.7. The number of hydrogen-bond acceptors (Lipinski definition) is 16. The zero-order chi connectivity index (χ0) is 66.9. The average Bonchev–Trinajstić information content (AvgIpc) is 1.65. The Morgan fingerprint density at radius 3 is 2.12 bits per heavy atom. The highest BCUT2D eigenvalue weighted by Crippen LogP contribution is 2.44. The van der Waals surface area contributed by atoms with E-state index in [4.69, 9.17) is 33.4 Å². The predicted molar refractivity (Wildman–Crippen MR) is 350 cm³/mol. The zero-order valence-corrected chi connectivity index (χ0v) is 55.3. The maximum absolute atomic E-state index is 14.4. The molecule has 0 spiro atoms. The number of carbonyl (C=O) groups is 8. The van der Waals surface area contributed by atoms with Crippen LogP contribution in [0.1, 0.15) is 140 Å². The lowest BCUT2D eigenvalue weighted by atomic mass is 9.84. The number of rotatable bonds is 27. The van der Waals surface area contributed by atoms with Gasteiger partial charge in [-0.05, 0) is 133 Å². The summed E-state index contributed by atoms with van der Waals surface area (Å²) in [6.45, 7) is 19.3. The van der Waals surface area contributed by atoms with Crippen molar-refractivity contribution < 1.29 is 66.8 Å². The summed E-state index contributed by atoms with van der Waals surface area (Å²) in [5.74, 6) is -1.15. The summed E-state index contributed by atoms with van der Waals surface area (Å²) in [7, 11) is 3.13. The van der Waals surface area contributed by atoms with Crippen LogP contribution in [-0.2, 0) is 64.4 Å². The van der Waals surface area contributed by atoms with Crippen LogP contribution >= 0.6 is 0 Å². The number of methoxy groups -OCH3 is 2. The highest BCUT2D eigenvalue weighted by molar-refractivity contribution is 6.13. The molecule has 0 aromatic heterocycles. The standard InChI is InChI=1S/C70H89N9O14/c1-43(2)63(74-59(80)25-27-69(7,8)93-33-28-68(5,6)75-60(81)26-30-77-61(82)23-24-62(77)83)65(85)72-44(3)64(84)73-50-21-19-46(20-22-50)41-92-67(87)79-45(4)53-18-14-29-76(53)39-49-34-55(88-10)58(37-54(49)79)91-32-15-31-90-57-36-52-51(35-56(57)89-11)66(86)78-40-48-17-13-12-16-47(48)38-70(78,9)42-71-52/h12-13,16-17,19-24,34-37,42-45,53,63H,14-15,18,25-33,38-41H2,1-11H3,(H,72,85)(H,73,84)(H,74,80)(H,75,81)/t44-,45?,53-,63-,70?/m0/s1. The van der Waals surface area contributed by atoms with Gasteiger partial charge in [-0.25, -0.2) is 4.79 Å². The molecule has 4 aromatic rings. The first-order valence-electron chi connectivity index (χ1n) is 32.1. The van der Waals surface area contributed by atoms with Gasteiger partial charge in [0.15, 0.2) is 23.0 Å². The molecule has 4 aromatic carbocycles. The van der Waals surface area contributed by atoms with Crippen molar-refractivity contribution in [1.82, 2.24) is 30.7 Å². The second-order valence-electron chi connectivity index (χ2n) is 26.4. The Bertz CT molecular complexity index is 3510. The number of anilines is 2. The number of carbonyl (C=O) groups excluding carboxylic acids is 8. The van der Waals surface area contributed by atoms with Gasteiger partial charge < -0.3 is 54.6 Å². The summed E-state index contributed by atoms with van der Waals surface area (Å²) in [4.78, 5) is 117. The Hall–Kier alpha value is -8.83. The van der Waals surface area contributed by atoms with E-state index in [9.17, 15) is 38.4 Å². The summed E-state index contributed by atoms with van der Waals surface area (Å²) in [6, 6.07) is 20.2. The molecular formula is C70H89N9O14. The number of nitrogens with zero attached hydrogens (tertiary/aromatic N) is 5. The quantitative estimate of drug-likeness (QED) is 0.0322. The van der Waals surface area contributed by atoms with E-state index in [1.54, 1.807) is 76.3 Å². The van der Waals surface area contributed by atoms with E-state index in [0.29, 0.717) is 90.0 Å². The molecule has 4 N–H and O–H groups in total. The molecule has 0 bridgehead atoms. The van der Waals surface area contributed by atoms with E-state index in [1.165, 1.54) is 17.7 Å². The number of amides is 8. The number of fused-ring (bicyclic) bond motifs is 5. The Morgan fingerprint density at radius 1 is 0.753 bits per heavy atom. The SMILES string of the molecule is COc1cc2c(cc1OCCCOc1cc3c(cc1OC)CN1CCC[C@H]1C(C)N3C(=O)OCc1ccc(NC(=O)[C@H](C)NC(=O)[C@@H](NC(=O)CCC(C)(C)OCCC(C)(C)NC(=O)CCN3C(=O)C=CC3=O)C(C)C)cc1)N=CC1(C)Cc3ccccc3CN1C2=O. The smallest absolute Gasteiger partial charge is 0.414 e. The average molecular weight is 1280 g/mol. The summed E-state index contributed by atoms with van der Waals surface area (Å²) in [5.41, 5.74) is 3.96. The van der Waals surface area contributed by atoms with Gasteiger partial charge in [0.2, 0.25) is 23.6 Å². The van der Waals surface area contributed by atoms with Gasteiger partial charge in [-0.1, -0.05) is 50.2 Å². The van der Waals surface area contributed by atoms with Gasteiger partial charge in [-0.15, -0.1) is 0 Å². The van der Waals surface area contributed by atoms with Crippen molar-refractivity contribution in [2.24, 2.45) is 10.9 Å². The maximum Gasteiger partial charge on any atom is 0.414 e. The summed E-state index contributed by atoms with van der Waals surface area (Å²) in [6.07, 6.45) is 7.52. The second-order valence-corrected chi connectivity index (χ2v) is 26.4.